The van der Waals surface area contributed by atoms with Crippen molar-refractivity contribution in [3.05, 3.63) is 48.3 Å². The second-order valence-corrected chi connectivity index (χ2v) is 10.3. The maximum absolute atomic E-state index is 12.9. The summed E-state index contributed by atoms with van der Waals surface area (Å²) in [6, 6.07) is 9.50. The Hall–Kier alpha value is -2.68. The molecule has 152 valence electrons. The van der Waals surface area contributed by atoms with E-state index in [1.54, 1.807) is 23.4 Å². The van der Waals surface area contributed by atoms with Crippen molar-refractivity contribution < 1.29 is 22.7 Å². The summed E-state index contributed by atoms with van der Waals surface area (Å²) in [5.74, 6) is 0.495. The molecule has 1 amide bonds. The lowest BCUT2D eigenvalue weighted by Gasteiger charge is -2.50. The first-order valence-electron chi connectivity index (χ1n) is 9.64. The van der Waals surface area contributed by atoms with Crippen LogP contribution < -0.4 is 9.47 Å². The number of nitrogens with zero attached hydrogens (tertiary/aromatic N) is 3. The number of hydrogen-bond acceptors (Lipinski definition) is 7. The molecular weight excluding hydrogens is 394 g/mol. The number of carbonyl (C=O) groups is 1. The first kappa shape index (κ1) is 18.4. The Labute approximate surface area is 168 Å². The third-order valence-electron chi connectivity index (χ3n) is 6.21. The zero-order chi connectivity index (χ0) is 20.1. The number of benzene rings is 1. The molecular formula is C20H21N3O5S. The van der Waals surface area contributed by atoms with Gasteiger partial charge >= 0.3 is 6.01 Å². The highest BCUT2D eigenvalue weighted by Crippen LogP contribution is 2.45. The summed E-state index contributed by atoms with van der Waals surface area (Å²) in [6.07, 6.45) is 3.60. The van der Waals surface area contributed by atoms with Crippen LogP contribution in [0.3, 0.4) is 0 Å². The van der Waals surface area contributed by atoms with Gasteiger partial charge in [0.25, 0.3) is 5.91 Å². The van der Waals surface area contributed by atoms with E-state index in [0.29, 0.717) is 12.8 Å². The number of carbonyl (C=O) groups excluding carboxylic acids is 1. The normalized spacial score (nSPS) is 25.9. The Bertz CT molecular complexity index is 1010. The van der Waals surface area contributed by atoms with Gasteiger partial charge in [0.05, 0.1) is 12.4 Å². The summed E-state index contributed by atoms with van der Waals surface area (Å²) in [5.41, 5.74) is 1.00. The van der Waals surface area contributed by atoms with Gasteiger partial charge in [0.2, 0.25) is 0 Å². The van der Waals surface area contributed by atoms with Gasteiger partial charge in [-0.3, -0.25) is 4.79 Å². The van der Waals surface area contributed by atoms with Gasteiger partial charge in [-0.25, -0.2) is 18.4 Å². The molecule has 29 heavy (non-hydrogen) atoms. The number of hydrogen-bond donors (Lipinski definition) is 0. The van der Waals surface area contributed by atoms with E-state index < -0.39 is 20.7 Å². The van der Waals surface area contributed by atoms with Crippen LogP contribution in [0.5, 0.6) is 11.8 Å². The Kier molecular flexibility index (Phi) is 4.23. The van der Waals surface area contributed by atoms with Crippen LogP contribution in [0.15, 0.2) is 42.7 Å². The number of rotatable bonds is 4. The molecule has 8 nitrogen and oxygen atoms in total. The molecule has 2 fully saturated rings. The Morgan fingerprint density at radius 3 is 2.72 bits per heavy atom. The standard InChI is InChI=1S/C20H21N3O5S/c24-18(17-10-14-4-1-2-5-16(14)28-17)23-12-20(13-23)15(6-9-29(20,25)26)11-27-19-21-7-3-8-22-19/h1-5,7-8,15,17H,6,9-13H2/t15-,17-/m0/s1. The highest BCUT2D eigenvalue weighted by molar-refractivity contribution is 7.93. The van der Waals surface area contributed by atoms with E-state index in [1.807, 2.05) is 24.3 Å². The minimum Gasteiger partial charge on any atom is -0.480 e. The highest BCUT2D eigenvalue weighted by Gasteiger charge is 2.63. The lowest BCUT2D eigenvalue weighted by molar-refractivity contribution is -0.144. The quantitative estimate of drug-likeness (QED) is 0.731. The van der Waals surface area contributed by atoms with Gasteiger partial charge in [0, 0.05) is 37.8 Å². The molecule has 0 N–H and O–H groups in total. The molecule has 1 spiro atoms. The number of sulfone groups is 1. The highest BCUT2D eigenvalue weighted by atomic mass is 32.2. The van der Waals surface area contributed by atoms with E-state index in [-0.39, 0.29) is 43.3 Å². The van der Waals surface area contributed by atoms with E-state index in [0.717, 1.165) is 11.3 Å². The van der Waals surface area contributed by atoms with Crippen LogP contribution in [-0.4, -0.2) is 65.5 Å². The molecule has 2 saturated heterocycles. The second-order valence-electron chi connectivity index (χ2n) is 7.82. The number of fused-ring (bicyclic) bond motifs is 1. The van der Waals surface area contributed by atoms with E-state index in [9.17, 15) is 13.2 Å². The molecule has 2 atom stereocenters. The van der Waals surface area contributed by atoms with E-state index >= 15 is 0 Å². The third kappa shape index (κ3) is 2.95. The SMILES string of the molecule is O=C([C@@H]1Cc2ccccc2O1)N1CC2(C1)[C@H](COc1ncccn1)CCS2(=O)=O. The monoisotopic (exact) mass is 415 g/mol. The van der Waals surface area contributed by atoms with E-state index in [1.165, 1.54) is 0 Å². The third-order valence-corrected chi connectivity index (χ3v) is 8.81. The topological polar surface area (TPSA) is 98.7 Å². The van der Waals surface area contributed by atoms with Gasteiger partial charge in [-0.1, -0.05) is 18.2 Å². The first-order valence-corrected chi connectivity index (χ1v) is 11.3. The van der Waals surface area contributed by atoms with Gasteiger partial charge in [0.15, 0.2) is 15.9 Å². The van der Waals surface area contributed by atoms with Crippen LogP contribution >= 0.6 is 0 Å². The molecule has 0 bridgehead atoms. The Morgan fingerprint density at radius 2 is 1.97 bits per heavy atom. The van der Waals surface area contributed by atoms with Crippen molar-refractivity contribution in [3.8, 4) is 11.8 Å². The van der Waals surface area contributed by atoms with Crippen molar-refractivity contribution in [2.45, 2.75) is 23.7 Å². The van der Waals surface area contributed by atoms with Crippen molar-refractivity contribution in [1.82, 2.24) is 14.9 Å². The number of para-hydroxylation sites is 1. The maximum Gasteiger partial charge on any atom is 0.316 e. The van der Waals surface area contributed by atoms with Crippen LogP contribution in [0, 0.1) is 5.92 Å². The average Bonchev–Trinajstić information content (AvgIpc) is 3.24. The van der Waals surface area contributed by atoms with Gasteiger partial charge in [-0.2, -0.15) is 0 Å². The van der Waals surface area contributed by atoms with Crippen molar-refractivity contribution in [3.63, 3.8) is 0 Å². The molecule has 0 saturated carbocycles. The minimum atomic E-state index is -3.30. The molecule has 1 aromatic carbocycles. The number of ether oxygens (including phenoxy) is 2. The lowest BCUT2D eigenvalue weighted by atomic mass is 9.83. The van der Waals surface area contributed by atoms with Crippen molar-refractivity contribution in [2.75, 3.05) is 25.4 Å². The maximum atomic E-state index is 12.9. The van der Waals surface area contributed by atoms with Gasteiger partial charge in [-0.05, 0) is 24.1 Å². The van der Waals surface area contributed by atoms with Crippen LogP contribution in [0.2, 0.25) is 0 Å². The summed E-state index contributed by atoms with van der Waals surface area (Å²) in [5, 5.41) is 0. The lowest BCUT2D eigenvalue weighted by Crippen LogP contribution is -2.70. The average molecular weight is 415 g/mol. The summed E-state index contributed by atoms with van der Waals surface area (Å²) in [4.78, 5) is 22.5. The van der Waals surface area contributed by atoms with Gasteiger partial charge in [-0.15, -0.1) is 0 Å². The minimum absolute atomic E-state index is 0.115. The Balaban J connectivity index is 1.26. The van der Waals surface area contributed by atoms with Gasteiger partial charge in [0.1, 0.15) is 10.5 Å². The fourth-order valence-electron chi connectivity index (χ4n) is 4.52. The predicted octanol–water partition coefficient (Wildman–Crippen LogP) is 0.875. The first-order chi connectivity index (χ1) is 14.0. The summed E-state index contributed by atoms with van der Waals surface area (Å²) >= 11 is 0. The van der Waals surface area contributed by atoms with Crippen molar-refractivity contribution in [2.24, 2.45) is 5.92 Å². The molecule has 3 aliphatic heterocycles. The van der Waals surface area contributed by atoms with E-state index in [2.05, 4.69) is 9.97 Å². The number of likely N-dealkylation sites (tertiary alicyclic amines) is 1. The fraction of sp³-hybridized carbons (Fsp3) is 0.450. The molecule has 3 aliphatic rings. The van der Waals surface area contributed by atoms with E-state index in [4.69, 9.17) is 9.47 Å². The summed E-state index contributed by atoms with van der Waals surface area (Å²) < 4.78 is 36.1. The smallest absolute Gasteiger partial charge is 0.316 e. The number of amides is 1. The zero-order valence-corrected chi connectivity index (χ0v) is 16.5. The summed E-state index contributed by atoms with van der Waals surface area (Å²) in [6.45, 7) is 0.596. The molecule has 9 heteroatoms. The molecule has 0 radical (unpaired) electrons. The van der Waals surface area contributed by atoms with Crippen LogP contribution in [0.4, 0.5) is 0 Å². The molecule has 0 unspecified atom stereocenters. The largest absolute Gasteiger partial charge is 0.480 e. The van der Waals surface area contributed by atoms with Gasteiger partial charge < -0.3 is 14.4 Å². The zero-order valence-electron chi connectivity index (χ0n) is 15.7. The molecule has 0 aliphatic carbocycles. The predicted molar refractivity (Wildman–Crippen MR) is 103 cm³/mol. The van der Waals surface area contributed by atoms with Crippen LogP contribution in [0.25, 0.3) is 0 Å². The van der Waals surface area contributed by atoms with Crippen LogP contribution in [-0.2, 0) is 21.1 Å². The van der Waals surface area contributed by atoms with Crippen LogP contribution in [0.1, 0.15) is 12.0 Å². The summed E-state index contributed by atoms with van der Waals surface area (Å²) in [7, 11) is -3.30. The Morgan fingerprint density at radius 1 is 1.21 bits per heavy atom. The molecule has 4 heterocycles. The molecule has 1 aromatic heterocycles. The number of aromatic nitrogens is 2. The second kappa shape index (κ2) is 6.69. The van der Waals surface area contributed by atoms with Crippen molar-refractivity contribution >= 4 is 15.7 Å². The molecule has 2 aromatic rings. The molecule has 5 rings (SSSR count). The fourth-order valence-corrected chi connectivity index (χ4v) is 6.92. The van der Waals surface area contributed by atoms with Crippen molar-refractivity contribution in [1.29, 1.82) is 0 Å².